The first-order chi connectivity index (χ1) is 8.61. The van der Waals surface area contributed by atoms with E-state index in [1.54, 1.807) is 0 Å². The number of likely N-dealkylation sites (N-methyl/N-ethyl adjacent to an activating group) is 1. The minimum absolute atomic E-state index is 0.100. The van der Waals surface area contributed by atoms with Gasteiger partial charge in [0.1, 0.15) is 0 Å². The molecule has 0 fully saturated rings. The quantitative estimate of drug-likeness (QED) is 0.785. The molecule has 1 N–H and O–H groups in total. The summed E-state index contributed by atoms with van der Waals surface area (Å²) in [6.45, 7) is 4.13. The third-order valence-corrected chi connectivity index (χ3v) is 3.16. The van der Waals surface area contributed by atoms with Crippen molar-refractivity contribution in [2.75, 3.05) is 20.1 Å². The van der Waals surface area contributed by atoms with Crippen LogP contribution in [0.15, 0.2) is 28.7 Å². The summed E-state index contributed by atoms with van der Waals surface area (Å²) in [7, 11) is 1.96. The standard InChI is InChI=1S/C14H21BrN2O/c1-3-4-9-16-14(18)11-17(2)10-12-5-7-13(15)8-6-12/h5-8H,3-4,9-11H2,1-2H3,(H,16,18). The van der Waals surface area contributed by atoms with Gasteiger partial charge in [-0.15, -0.1) is 0 Å². The summed E-state index contributed by atoms with van der Waals surface area (Å²) >= 11 is 3.41. The molecule has 0 aliphatic heterocycles. The summed E-state index contributed by atoms with van der Waals surface area (Å²) in [4.78, 5) is 13.6. The Bertz CT molecular complexity index is 365. The maximum Gasteiger partial charge on any atom is 0.234 e. The molecule has 1 aromatic rings. The molecule has 1 amide bonds. The highest BCUT2D eigenvalue weighted by Gasteiger charge is 2.06. The number of amides is 1. The van der Waals surface area contributed by atoms with Crippen LogP contribution in [0.4, 0.5) is 0 Å². The largest absolute Gasteiger partial charge is 0.355 e. The Balaban J connectivity index is 2.30. The number of rotatable bonds is 7. The molecule has 0 aromatic heterocycles. The fraction of sp³-hybridized carbons (Fsp3) is 0.500. The molecule has 0 bridgehead atoms. The monoisotopic (exact) mass is 312 g/mol. The molecule has 4 heteroatoms. The molecule has 0 spiro atoms. The van der Waals surface area contributed by atoms with Crippen molar-refractivity contribution in [1.82, 2.24) is 10.2 Å². The molecule has 0 aliphatic carbocycles. The summed E-state index contributed by atoms with van der Waals surface area (Å²) in [5.74, 6) is 0.100. The van der Waals surface area contributed by atoms with E-state index in [2.05, 4.69) is 40.3 Å². The summed E-state index contributed by atoms with van der Waals surface area (Å²) in [5.41, 5.74) is 1.21. The van der Waals surface area contributed by atoms with Crippen molar-refractivity contribution in [2.45, 2.75) is 26.3 Å². The summed E-state index contributed by atoms with van der Waals surface area (Å²) < 4.78 is 1.08. The van der Waals surface area contributed by atoms with E-state index in [0.717, 1.165) is 30.4 Å². The lowest BCUT2D eigenvalue weighted by molar-refractivity contribution is -0.122. The first-order valence-corrected chi connectivity index (χ1v) is 7.10. The molecule has 0 saturated heterocycles. The Kier molecular flexibility index (Phi) is 6.98. The van der Waals surface area contributed by atoms with Crippen LogP contribution in [-0.4, -0.2) is 30.9 Å². The van der Waals surface area contributed by atoms with Gasteiger partial charge >= 0.3 is 0 Å². The summed E-state index contributed by atoms with van der Waals surface area (Å²) in [6.07, 6.45) is 2.15. The molecule has 0 radical (unpaired) electrons. The SMILES string of the molecule is CCCCNC(=O)CN(C)Cc1ccc(Br)cc1. The molecule has 18 heavy (non-hydrogen) atoms. The third-order valence-electron chi connectivity index (χ3n) is 2.63. The average Bonchev–Trinajstić information content (AvgIpc) is 2.32. The number of hydrogen-bond donors (Lipinski definition) is 1. The molecular weight excluding hydrogens is 292 g/mol. The number of nitrogens with zero attached hydrogens (tertiary/aromatic N) is 1. The highest BCUT2D eigenvalue weighted by molar-refractivity contribution is 9.10. The van der Waals surface area contributed by atoms with Gasteiger partial charge in [0.15, 0.2) is 0 Å². The Morgan fingerprint density at radius 1 is 1.33 bits per heavy atom. The highest BCUT2D eigenvalue weighted by atomic mass is 79.9. The van der Waals surface area contributed by atoms with Gasteiger partial charge in [-0.2, -0.15) is 0 Å². The van der Waals surface area contributed by atoms with E-state index in [9.17, 15) is 4.79 Å². The van der Waals surface area contributed by atoms with Crippen molar-refractivity contribution in [2.24, 2.45) is 0 Å². The van der Waals surface area contributed by atoms with Crippen LogP contribution in [0.3, 0.4) is 0 Å². The van der Waals surface area contributed by atoms with E-state index in [0.29, 0.717) is 6.54 Å². The molecule has 3 nitrogen and oxygen atoms in total. The third kappa shape index (κ3) is 6.17. The minimum atomic E-state index is 0.100. The van der Waals surface area contributed by atoms with Crippen molar-refractivity contribution in [1.29, 1.82) is 0 Å². The van der Waals surface area contributed by atoms with Gasteiger partial charge in [0.05, 0.1) is 6.54 Å². The zero-order chi connectivity index (χ0) is 13.4. The van der Waals surface area contributed by atoms with Crippen LogP contribution < -0.4 is 5.32 Å². The molecule has 0 atom stereocenters. The second-order valence-electron chi connectivity index (χ2n) is 4.50. The van der Waals surface area contributed by atoms with Gasteiger partial charge < -0.3 is 5.32 Å². The van der Waals surface area contributed by atoms with Crippen LogP contribution in [0.2, 0.25) is 0 Å². The second-order valence-corrected chi connectivity index (χ2v) is 5.42. The van der Waals surface area contributed by atoms with Crippen molar-refractivity contribution < 1.29 is 4.79 Å². The van der Waals surface area contributed by atoms with E-state index < -0.39 is 0 Å². The van der Waals surface area contributed by atoms with Crippen molar-refractivity contribution in [3.8, 4) is 0 Å². The lowest BCUT2D eigenvalue weighted by Gasteiger charge is -2.16. The maximum absolute atomic E-state index is 11.6. The van der Waals surface area contributed by atoms with Gasteiger partial charge in [-0.25, -0.2) is 0 Å². The number of carbonyl (C=O) groups is 1. The number of hydrogen-bond acceptors (Lipinski definition) is 2. The van der Waals surface area contributed by atoms with Gasteiger partial charge in [-0.3, -0.25) is 9.69 Å². The van der Waals surface area contributed by atoms with Crippen LogP contribution in [0.5, 0.6) is 0 Å². The van der Waals surface area contributed by atoms with Crippen LogP contribution in [0.1, 0.15) is 25.3 Å². The molecule has 0 unspecified atom stereocenters. The normalized spacial score (nSPS) is 10.7. The Morgan fingerprint density at radius 3 is 2.61 bits per heavy atom. The zero-order valence-corrected chi connectivity index (χ0v) is 12.7. The van der Waals surface area contributed by atoms with Crippen LogP contribution in [0.25, 0.3) is 0 Å². The topological polar surface area (TPSA) is 32.3 Å². The Labute approximate surface area is 118 Å². The van der Waals surface area contributed by atoms with Crippen LogP contribution >= 0.6 is 15.9 Å². The lowest BCUT2D eigenvalue weighted by Crippen LogP contribution is -2.35. The predicted octanol–water partition coefficient (Wildman–Crippen LogP) is 2.80. The molecule has 0 heterocycles. The highest BCUT2D eigenvalue weighted by Crippen LogP contribution is 2.11. The Morgan fingerprint density at radius 2 is 2.00 bits per heavy atom. The molecule has 1 rings (SSSR count). The fourth-order valence-corrected chi connectivity index (χ4v) is 1.93. The molecule has 1 aromatic carbocycles. The van der Waals surface area contributed by atoms with Crippen molar-refractivity contribution in [3.63, 3.8) is 0 Å². The van der Waals surface area contributed by atoms with E-state index in [4.69, 9.17) is 0 Å². The van der Waals surface area contributed by atoms with Gasteiger partial charge in [-0.05, 0) is 31.2 Å². The molecule has 0 aliphatic rings. The van der Waals surface area contributed by atoms with E-state index in [1.807, 2.05) is 24.1 Å². The zero-order valence-electron chi connectivity index (χ0n) is 11.1. The van der Waals surface area contributed by atoms with Gasteiger partial charge in [0, 0.05) is 17.6 Å². The van der Waals surface area contributed by atoms with Gasteiger partial charge in [-0.1, -0.05) is 41.4 Å². The predicted molar refractivity (Wildman–Crippen MR) is 78.4 cm³/mol. The van der Waals surface area contributed by atoms with Crippen molar-refractivity contribution in [3.05, 3.63) is 34.3 Å². The Hall–Kier alpha value is -0.870. The van der Waals surface area contributed by atoms with E-state index >= 15 is 0 Å². The minimum Gasteiger partial charge on any atom is -0.355 e. The van der Waals surface area contributed by atoms with Crippen LogP contribution in [-0.2, 0) is 11.3 Å². The van der Waals surface area contributed by atoms with Gasteiger partial charge in [0.2, 0.25) is 5.91 Å². The van der Waals surface area contributed by atoms with E-state index in [-0.39, 0.29) is 5.91 Å². The fourth-order valence-electron chi connectivity index (χ4n) is 1.66. The maximum atomic E-state index is 11.6. The van der Waals surface area contributed by atoms with Crippen molar-refractivity contribution >= 4 is 21.8 Å². The lowest BCUT2D eigenvalue weighted by atomic mass is 10.2. The van der Waals surface area contributed by atoms with Crippen LogP contribution in [0, 0.1) is 0 Å². The molecule has 0 saturated carbocycles. The summed E-state index contributed by atoms with van der Waals surface area (Å²) in [6, 6.07) is 8.17. The molecular formula is C14H21BrN2O. The first-order valence-electron chi connectivity index (χ1n) is 6.31. The second kappa shape index (κ2) is 8.27. The van der Waals surface area contributed by atoms with E-state index in [1.165, 1.54) is 5.56 Å². The summed E-state index contributed by atoms with van der Waals surface area (Å²) in [5, 5.41) is 2.92. The number of halogens is 1. The number of unbranched alkanes of at least 4 members (excludes halogenated alkanes) is 1. The molecule has 100 valence electrons. The van der Waals surface area contributed by atoms with Gasteiger partial charge in [0.25, 0.3) is 0 Å². The average molecular weight is 313 g/mol. The first kappa shape index (κ1) is 15.2. The number of carbonyl (C=O) groups excluding carboxylic acids is 1. The number of benzene rings is 1. The number of nitrogens with one attached hydrogen (secondary N) is 1. The smallest absolute Gasteiger partial charge is 0.234 e.